The topological polar surface area (TPSA) is 18.5 Å². The Morgan fingerprint density at radius 3 is 2.62 bits per heavy atom. The summed E-state index contributed by atoms with van der Waals surface area (Å²) in [5, 5.41) is 1.47. The standard InChI is InChI=1S/C13H16O2Si/c1-14-8-12(15-2)9-16-13-6-5-10-3-4-11(10)7-13/h3-8H,9,16H2,1-2H3. The predicted octanol–water partition coefficient (Wildman–Crippen LogP) is 1.52. The molecule has 0 aromatic heterocycles. The maximum atomic E-state index is 5.24. The quantitative estimate of drug-likeness (QED) is 0.575. The lowest BCUT2D eigenvalue weighted by atomic mass is 9.98. The minimum absolute atomic E-state index is 0.301. The molecule has 0 spiro atoms. The third-order valence-electron chi connectivity index (χ3n) is 2.77. The van der Waals surface area contributed by atoms with Gasteiger partial charge in [0.15, 0.2) is 0 Å². The highest BCUT2D eigenvalue weighted by atomic mass is 28.2. The number of hydrogen-bond acceptors (Lipinski definition) is 2. The second-order valence-electron chi connectivity index (χ2n) is 3.82. The second kappa shape index (κ2) is 5.03. The first kappa shape index (κ1) is 11.0. The number of ether oxygens (including phenoxy) is 2. The molecule has 0 saturated carbocycles. The molecule has 0 atom stereocenters. The van der Waals surface area contributed by atoms with Gasteiger partial charge in [-0.3, -0.25) is 0 Å². The molecule has 2 nitrogen and oxygen atoms in total. The molecule has 1 aromatic rings. The van der Waals surface area contributed by atoms with E-state index in [1.807, 2.05) is 0 Å². The van der Waals surface area contributed by atoms with E-state index in [9.17, 15) is 0 Å². The summed E-state index contributed by atoms with van der Waals surface area (Å²) in [5.41, 5.74) is 2.73. The third-order valence-corrected chi connectivity index (χ3v) is 4.53. The average Bonchev–Trinajstić information content (AvgIpc) is 2.27. The van der Waals surface area contributed by atoms with E-state index in [4.69, 9.17) is 9.47 Å². The van der Waals surface area contributed by atoms with Crippen LogP contribution in [-0.4, -0.2) is 23.7 Å². The lowest BCUT2D eigenvalue weighted by molar-refractivity contribution is 0.251. The lowest BCUT2D eigenvalue weighted by Gasteiger charge is -2.12. The molecular weight excluding hydrogens is 216 g/mol. The number of benzene rings is 1. The first-order valence-electron chi connectivity index (χ1n) is 5.40. The zero-order valence-corrected chi connectivity index (χ0v) is 11.1. The van der Waals surface area contributed by atoms with Crippen LogP contribution in [0.4, 0.5) is 0 Å². The Labute approximate surface area is 98.4 Å². The zero-order chi connectivity index (χ0) is 11.4. The van der Waals surface area contributed by atoms with Crippen molar-refractivity contribution >= 4 is 26.9 Å². The monoisotopic (exact) mass is 232 g/mol. The molecule has 84 valence electrons. The number of fused-ring (bicyclic) bond motifs is 1. The molecule has 0 radical (unpaired) electrons. The summed E-state index contributed by atoms with van der Waals surface area (Å²) < 4.78 is 10.2. The van der Waals surface area contributed by atoms with Crippen molar-refractivity contribution in [1.29, 1.82) is 0 Å². The Balaban J connectivity index is 1.95. The van der Waals surface area contributed by atoms with Crippen LogP contribution >= 0.6 is 0 Å². The van der Waals surface area contributed by atoms with Crippen molar-refractivity contribution < 1.29 is 9.47 Å². The van der Waals surface area contributed by atoms with E-state index in [1.54, 1.807) is 20.5 Å². The number of rotatable bonds is 5. The van der Waals surface area contributed by atoms with Gasteiger partial charge >= 0.3 is 0 Å². The van der Waals surface area contributed by atoms with Crippen molar-refractivity contribution in [3.05, 3.63) is 41.3 Å². The van der Waals surface area contributed by atoms with Crippen molar-refractivity contribution in [2.75, 3.05) is 14.2 Å². The molecule has 1 aromatic carbocycles. The van der Waals surface area contributed by atoms with Gasteiger partial charge in [0.1, 0.15) is 12.0 Å². The minimum Gasteiger partial charge on any atom is -0.501 e. The van der Waals surface area contributed by atoms with Gasteiger partial charge in [-0.1, -0.05) is 35.5 Å². The summed E-state index contributed by atoms with van der Waals surface area (Å²) in [6.45, 7) is 0. The van der Waals surface area contributed by atoms with E-state index in [0.29, 0.717) is 0 Å². The van der Waals surface area contributed by atoms with Crippen LogP contribution < -0.4 is 5.19 Å². The summed E-state index contributed by atoms with van der Waals surface area (Å²) in [6.07, 6.45) is 6.00. The summed E-state index contributed by atoms with van der Waals surface area (Å²) in [4.78, 5) is 0. The molecule has 0 saturated heterocycles. The molecular formula is C13H16O2Si. The molecule has 0 fully saturated rings. The lowest BCUT2D eigenvalue weighted by Crippen LogP contribution is -2.16. The van der Waals surface area contributed by atoms with Crippen LogP contribution in [0.25, 0.3) is 12.2 Å². The van der Waals surface area contributed by atoms with Crippen molar-refractivity contribution in [1.82, 2.24) is 0 Å². The second-order valence-corrected chi connectivity index (χ2v) is 5.64. The van der Waals surface area contributed by atoms with Gasteiger partial charge in [-0.2, -0.15) is 0 Å². The van der Waals surface area contributed by atoms with Gasteiger partial charge < -0.3 is 9.47 Å². The van der Waals surface area contributed by atoms with Crippen LogP contribution in [0.15, 0.2) is 30.2 Å². The fraction of sp³-hybridized carbons (Fsp3) is 0.231. The van der Waals surface area contributed by atoms with Gasteiger partial charge in [-0.25, -0.2) is 0 Å². The van der Waals surface area contributed by atoms with Crippen LogP contribution in [0, 0.1) is 0 Å². The van der Waals surface area contributed by atoms with E-state index >= 15 is 0 Å². The Bertz CT molecular complexity index is 436. The van der Waals surface area contributed by atoms with Crippen LogP contribution in [-0.2, 0) is 9.47 Å². The molecule has 0 unspecified atom stereocenters. The summed E-state index contributed by atoms with van der Waals surface area (Å²) in [5.74, 6) is 0.937. The molecule has 2 rings (SSSR count). The van der Waals surface area contributed by atoms with Gasteiger partial charge in [0.05, 0.1) is 23.7 Å². The van der Waals surface area contributed by atoms with E-state index in [1.165, 1.54) is 16.3 Å². The predicted molar refractivity (Wildman–Crippen MR) is 70.5 cm³/mol. The zero-order valence-electron chi connectivity index (χ0n) is 9.69. The van der Waals surface area contributed by atoms with E-state index in [0.717, 1.165) is 11.8 Å². The maximum absolute atomic E-state index is 5.24. The Hall–Kier alpha value is -1.48. The van der Waals surface area contributed by atoms with Crippen LogP contribution in [0.5, 0.6) is 0 Å². The van der Waals surface area contributed by atoms with Gasteiger partial charge in [0, 0.05) is 6.04 Å². The van der Waals surface area contributed by atoms with Crippen LogP contribution in [0.3, 0.4) is 0 Å². The van der Waals surface area contributed by atoms with E-state index < -0.39 is 0 Å². The van der Waals surface area contributed by atoms with Crippen molar-refractivity contribution in [2.45, 2.75) is 6.04 Å². The largest absolute Gasteiger partial charge is 0.501 e. The number of allylic oxidation sites excluding steroid dienone is 1. The fourth-order valence-electron chi connectivity index (χ4n) is 1.77. The van der Waals surface area contributed by atoms with Crippen molar-refractivity contribution in [3.8, 4) is 0 Å². The normalized spacial score (nSPS) is 13.8. The van der Waals surface area contributed by atoms with Gasteiger partial charge in [-0.15, -0.1) is 0 Å². The molecule has 0 bridgehead atoms. The third kappa shape index (κ3) is 2.36. The summed E-state index contributed by atoms with van der Waals surface area (Å²) in [7, 11) is 3.04. The highest BCUT2D eigenvalue weighted by Crippen LogP contribution is 2.21. The SMILES string of the molecule is COC=C(C[SiH2]c1ccc2c(c1)C=C2)OC. The molecule has 1 aliphatic rings. The molecule has 0 N–H and O–H groups in total. The van der Waals surface area contributed by atoms with Crippen molar-refractivity contribution in [2.24, 2.45) is 0 Å². The average molecular weight is 232 g/mol. The molecule has 0 amide bonds. The minimum atomic E-state index is -0.301. The molecule has 3 heteroatoms. The summed E-state index contributed by atoms with van der Waals surface area (Å²) in [6, 6.07) is 7.73. The molecule has 0 aliphatic heterocycles. The Kier molecular flexibility index (Phi) is 3.46. The first-order chi connectivity index (χ1) is 7.83. The summed E-state index contributed by atoms with van der Waals surface area (Å²) >= 11 is 0. The number of hydrogen-bond donors (Lipinski definition) is 0. The van der Waals surface area contributed by atoms with Crippen molar-refractivity contribution in [3.63, 3.8) is 0 Å². The highest BCUT2D eigenvalue weighted by molar-refractivity contribution is 6.54. The van der Waals surface area contributed by atoms with E-state index in [2.05, 4.69) is 30.4 Å². The molecule has 1 aliphatic carbocycles. The highest BCUT2D eigenvalue weighted by Gasteiger charge is 2.06. The maximum Gasteiger partial charge on any atom is 0.127 e. The smallest absolute Gasteiger partial charge is 0.127 e. The van der Waals surface area contributed by atoms with Gasteiger partial charge in [0.2, 0.25) is 0 Å². The van der Waals surface area contributed by atoms with Gasteiger partial charge in [0.25, 0.3) is 0 Å². The molecule has 0 heterocycles. The fourth-order valence-corrected chi connectivity index (χ4v) is 3.27. The number of methoxy groups -OCH3 is 2. The Morgan fingerprint density at radius 1 is 1.25 bits per heavy atom. The van der Waals surface area contributed by atoms with Crippen LogP contribution in [0.2, 0.25) is 6.04 Å². The molecule has 16 heavy (non-hydrogen) atoms. The first-order valence-corrected chi connectivity index (χ1v) is 7.11. The van der Waals surface area contributed by atoms with E-state index in [-0.39, 0.29) is 9.52 Å². The Morgan fingerprint density at radius 2 is 2.06 bits per heavy atom. The van der Waals surface area contributed by atoms with Crippen LogP contribution in [0.1, 0.15) is 11.1 Å². The van der Waals surface area contributed by atoms with Gasteiger partial charge in [-0.05, 0) is 11.1 Å².